The molecule has 0 aromatic rings. The van der Waals surface area contributed by atoms with Gasteiger partial charge in [0, 0.05) is 11.8 Å². The normalized spacial score (nSPS) is 68.1. The lowest BCUT2D eigenvalue weighted by Crippen LogP contribution is -2.78. The number of fused-ring (bicyclic) bond motifs is 4. The second-order valence-corrected chi connectivity index (χ2v) is 10.3. The number of carbonyl (C=O) groups excluding carboxylic acids is 2. The summed E-state index contributed by atoms with van der Waals surface area (Å²) in [6, 6.07) is 0. The third-order valence-electron chi connectivity index (χ3n) is 9.20. The summed E-state index contributed by atoms with van der Waals surface area (Å²) < 4.78 is 18.6. The zero-order valence-electron chi connectivity index (χ0n) is 16.0. The highest BCUT2D eigenvalue weighted by Gasteiger charge is 2.91. The standard InChI is InChI=1S/C20H26O7/c1-8-7-18-10-5-11-13(21)16(3)6-9(2)20(24,26-16)12(15(23)25-18)19(11,18)27-17(8,4)14(10)22/h8-12,14,22,24H,5-7H2,1-4H3. The van der Waals surface area contributed by atoms with Gasteiger partial charge in [0.2, 0.25) is 0 Å². The van der Waals surface area contributed by atoms with Gasteiger partial charge in [-0.1, -0.05) is 13.8 Å². The summed E-state index contributed by atoms with van der Waals surface area (Å²) in [7, 11) is 0. The quantitative estimate of drug-likeness (QED) is 0.594. The first kappa shape index (κ1) is 16.9. The first-order valence-corrected chi connectivity index (χ1v) is 10.0. The van der Waals surface area contributed by atoms with Gasteiger partial charge in [-0.2, -0.15) is 0 Å². The number of aliphatic hydroxyl groups excluding tert-OH is 1. The van der Waals surface area contributed by atoms with Crippen LogP contribution in [0.4, 0.5) is 0 Å². The molecule has 5 saturated heterocycles. The van der Waals surface area contributed by atoms with Crippen molar-refractivity contribution in [3.8, 4) is 0 Å². The van der Waals surface area contributed by atoms with Gasteiger partial charge in [-0.05, 0) is 39.0 Å². The summed E-state index contributed by atoms with van der Waals surface area (Å²) in [5.41, 5.74) is -4.40. The van der Waals surface area contributed by atoms with Gasteiger partial charge in [0.15, 0.2) is 11.6 Å². The van der Waals surface area contributed by atoms with E-state index in [2.05, 4.69) is 0 Å². The number of Topliss-reactive ketones (excluding diaryl/α,β-unsaturated/α-hetero) is 1. The van der Waals surface area contributed by atoms with Crippen molar-refractivity contribution in [2.24, 2.45) is 29.6 Å². The number of rotatable bonds is 0. The Bertz CT molecular complexity index is 812. The number of ether oxygens (including phenoxy) is 3. The molecule has 27 heavy (non-hydrogen) atoms. The van der Waals surface area contributed by atoms with E-state index in [-0.39, 0.29) is 17.6 Å². The molecule has 7 fully saturated rings. The molecule has 0 amide bonds. The predicted octanol–water partition coefficient (Wildman–Crippen LogP) is 0.549. The van der Waals surface area contributed by atoms with Crippen LogP contribution in [0.1, 0.15) is 47.0 Å². The summed E-state index contributed by atoms with van der Waals surface area (Å²) in [5, 5.41) is 22.7. The molecule has 5 aliphatic heterocycles. The zero-order valence-corrected chi connectivity index (χ0v) is 16.0. The number of carbonyl (C=O) groups is 2. The van der Waals surface area contributed by atoms with Crippen LogP contribution in [0.15, 0.2) is 0 Å². The molecule has 148 valence electrons. The van der Waals surface area contributed by atoms with E-state index in [0.717, 1.165) is 0 Å². The van der Waals surface area contributed by atoms with Crippen LogP contribution in [-0.2, 0) is 23.8 Å². The Hall–Kier alpha value is -1.02. The molecule has 7 aliphatic rings. The monoisotopic (exact) mass is 378 g/mol. The highest BCUT2D eigenvalue weighted by molar-refractivity contribution is 5.95. The van der Waals surface area contributed by atoms with E-state index >= 15 is 0 Å². The van der Waals surface area contributed by atoms with Crippen molar-refractivity contribution in [2.75, 3.05) is 0 Å². The van der Waals surface area contributed by atoms with Gasteiger partial charge in [0.1, 0.15) is 22.7 Å². The predicted molar refractivity (Wildman–Crippen MR) is 89.1 cm³/mol. The van der Waals surface area contributed by atoms with Crippen molar-refractivity contribution in [1.29, 1.82) is 0 Å². The maximum absolute atomic E-state index is 13.7. The fourth-order valence-corrected chi connectivity index (χ4v) is 7.92. The van der Waals surface area contributed by atoms with Crippen LogP contribution in [0.5, 0.6) is 0 Å². The number of aliphatic hydroxyl groups is 2. The minimum atomic E-state index is -1.81. The molecule has 2 aliphatic carbocycles. The van der Waals surface area contributed by atoms with Gasteiger partial charge in [-0.15, -0.1) is 0 Å². The molecule has 2 saturated carbocycles. The topological polar surface area (TPSA) is 102 Å². The van der Waals surface area contributed by atoms with Gasteiger partial charge in [0.05, 0.1) is 17.6 Å². The smallest absolute Gasteiger partial charge is 0.318 e. The van der Waals surface area contributed by atoms with E-state index in [0.29, 0.717) is 19.3 Å². The first-order valence-electron chi connectivity index (χ1n) is 10.0. The van der Waals surface area contributed by atoms with Crippen LogP contribution >= 0.6 is 0 Å². The molecule has 5 heterocycles. The van der Waals surface area contributed by atoms with Crippen LogP contribution in [0.2, 0.25) is 0 Å². The molecule has 7 rings (SSSR count). The van der Waals surface area contributed by atoms with E-state index in [9.17, 15) is 19.8 Å². The van der Waals surface area contributed by atoms with Crippen molar-refractivity contribution >= 4 is 11.8 Å². The fraction of sp³-hybridized carbons (Fsp3) is 0.900. The average molecular weight is 378 g/mol. The molecule has 11 unspecified atom stereocenters. The van der Waals surface area contributed by atoms with Gasteiger partial charge in [-0.25, -0.2) is 0 Å². The second kappa shape index (κ2) is 4.13. The Kier molecular flexibility index (Phi) is 2.58. The summed E-state index contributed by atoms with van der Waals surface area (Å²) in [6.45, 7) is 7.36. The lowest BCUT2D eigenvalue weighted by Gasteiger charge is -2.64. The SMILES string of the molecule is CC1CC23OC(=O)C4C5(O)OC(C)(CC5C)C(=O)C5CC2C(O)C1(C)OC543. The Labute approximate surface area is 157 Å². The number of hydrogen-bond donors (Lipinski definition) is 2. The van der Waals surface area contributed by atoms with Crippen LogP contribution in [0, 0.1) is 29.6 Å². The van der Waals surface area contributed by atoms with Crippen molar-refractivity contribution in [1.82, 2.24) is 0 Å². The van der Waals surface area contributed by atoms with Crippen molar-refractivity contribution in [2.45, 2.75) is 81.3 Å². The van der Waals surface area contributed by atoms with E-state index in [1.807, 2.05) is 13.8 Å². The maximum atomic E-state index is 13.7. The van der Waals surface area contributed by atoms with Crippen LogP contribution < -0.4 is 0 Å². The van der Waals surface area contributed by atoms with Gasteiger partial charge >= 0.3 is 5.97 Å². The summed E-state index contributed by atoms with van der Waals surface area (Å²) in [5.74, 6) is -5.04. The molecular formula is C20H26O7. The van der Waals surface area contributed by atoms with Crippen LogP contribution in [0.3, 0.4) is 0 Å². The molecule has 2 N–H and O–H groups in total. The molecule has 7 heteroatoms. The molecule has 0 aromatic heterocycles. The van der Waals surface area contributed by atoms with Gasteiger partial charge in [-0.3, -0.25) is 9.59 Å². The Morgan fingerprint density at radius 3 is 2.48 bits per heavy atom. The fourth-order valence-electron chi connectivity index (χ4n) is 7.92. The van der Waals surface area contributed by atoms with Gasteiger partial charge < -0.3 is 24.4 Å². The third kappa shape index (κ3) is 1.35. The average Bonchev–Trinajstić information content (AvgIpc) is 3.01. The van der Waals surface area contributed by atoms with E-state index in [1.54, 1.807) is 13.8 Å². The first-order chi connectivity index (χ1) is 12.5. The summed E-state index contributed by atoms with van der Waals surface area (Å²) in [6.07, 6.45) is 0.456. The summed E-state index contributed by atoms with van der Waals surface area (Å²) in [4.78, 5) is 26.9. The van der Waals surface area contributed by atoms with Gasteiger partial charge in [0.25, 0.3) is 0 Å². The number of ketones is 1. The molecule has 0 aromatic carbocycles. The second-order valence-electron chi connectivity index (χ2n) is 10.3. The van der Waals surface area contributed by atoms with Crippen molar-refractivity contribution in [3.63, 3.8) is 0 Å². The molecule has 0 radical (unpaired) electrons. The lowest BCUT2D eigenvalue weighted by atomic mass is 9.54. The highest BCUT2D eigenvalue weighted by Crippen LogP contribution is 2.76. The minimum Gasteiger partial charge on any atom is -0.455 e. The molecule has 2 spiro atoms. The zero-order chi connectivity index (χ0) is 19.4. The Morgan fingerprint density at radius 1 is 1.07 bits per heavy atom. The van der Waals surface area contributed by atoms with E-state index in [4.69, 9.17) is 14.2 Å². The van der Waals surface area contributed by atoms with E-state index < -0.39 is 58.0 Å². The van der Waals surface area contributed by atoms with E-state index in [1.165, 1.54) is 0 Å². The largest absolute Gasteiger partial charge is 0.455 e. The van der Waals surface area contributed by atoms with Crippen LogP contribution in [0.25, 0.3) is 0 Å². The van der Waals surface area contributed by atoms with Crippen molar-refractivity contribution < 1.29 is 34.0 Å². The summed E-state index contributed by atoms with van der Waals surface area (Å²) >= 11 is 0. The highest BCUT2D eigenvalue weighted by atomic mass is 16.7. The molecule has 6 bridgehead atoms. The number of esters is 1. The minimum absolute atomic E-state index is 0.0428. The molecule has 11 atom stereocenters. The third-order valence-corrected chi connectivity index (χ3v) is 9.20. The lowest BCUT2D eigenvalue weighted by molar-refractivity contribution is -0.370. The number of hydrogen-bond acceptors (Lipinski definition) is 7. The molecule has 7 nitrogen and oxygen atoms in total. The van der Waals surface area contributed by atoms with Crippen molar-refractivity contribution in [3.05, 3.63) is 0 Å². The molecular weight excluding hydrogens is 352 g/mol. The Balaban J connectivity index is 1.68. The Morgan fingerprint density at radius 2 is 1.78 bits per heavy atom. The van der Waals surface area contributed by atoms with Crippen LogP contribution in [-0.4, -0.2) is 56.3 Å². The maximum Gasteiger partial charge on any atom is 0.318 e.